The predicted octanol–water partition coefficient (Wildman–Crippen LogP) is 2.74. The normalized spacial score (nSPS) is 9.76. The van der Waals surface area contributed by atoms with Gasteiger partial charge < -0.3 is 9.67 Å². The van der Waals surface area contributed by atoms with E-state index in [0.29, 0.717) is 3.57 Å². The van der Waals surface area contributed by atoms with Crippen molar-refractivity contribution in [1.82, 2.24) is 9.55 Å². The summed E-state index contributed by atoms with van der Waals surface area (Å²) in [5.74, 6) is -1.73. The Hall–Kier alpha value is -1.15. The summed E-state index contributed by atoms with van der Waals surface area (Å²) >= 11 is 1.86. The summed E-state index contributed by atoms with van der Waals surface area (Å²) in [4.78, 5) is 14.6. The monoisotopic (exact) mass is 368 g/mol. The standard InChI is InChI=1S/C10H6FIN2O2.ClH/c11-7-3-6(10(15)16)8(12)4-9(7)14-2-1-13-5-14;/h1-5H,(H,15,16);1H. The summed E-state index contributed by atoms with van der Waals surface area (Å²) in [6.45, 7) is 0. The van der Waals surface area contributed by atoms with E-state index in [1.807, 2.05) is 22.6 Å². The summed E-state index contributed by atoms with van der Waals surface area (Å²) in [6, 6.07) is 2.49. The number of hydrogen-bond donors (Lipinski definition) is 1. The summed E-state index contributed by atoms with van der Waals surface area (Å²) < 4.78 is 15.6. The van der Waals surface area contributed by atoms with Crippen molar-refractivity contribution in [2.75, 3.05) is 0 Å². The third kappa shape index (κ3) is 2.75. The molecular formula is C10H7ClFIN2O2. The minimum absolute atomic E-state index is 0. The fourth-order valence-electron chi connectivity index (χ4n) is 1.30. The van der Waals surface area contributed by atoms with Crippen molar-refractivity contribution in [3.63, 3.8) is 0 Å². The topological polar surface area (TPSA) is 55.1 Å². The van der Waals surface area contributed by atoms with Crippen molar-refractivity contribution in [1.29, 1.82) is 0 Å². The minimum Gasteiger partial charge on any atom is -0.478 e. The third-order valence-electron chi connectivity index (χ3n) is 2.05. The molecule has 0 atom stereocenters. The lowest BCUT2D eigenvalue weighted by molar-refractivity contribution is 0.0695. The molecule has 0 radical (unpaired) electrons. The number of aromatic nitrogens is 2. The molecule has 0 bridgehead atoms. The van der Waals surface area contributed by atoms with Crippen LogP contribution in [0.15, 0.2) is 30.9 Å². The van der Waals surface area contributed by atoms with Crippen LogP contribution in [0.5, 0.6) is 0 Å². The van der Waals surface area contributed by atoms with Gasteiger partial charge in [0.15, 0.2) is 0 Å². The Morgan fingerprint density at radius 2 is 2.18 bits per heavy atom. The van der Waals surface area contributed by atoms with Crippen LogP contribution in [0.25, 0.3) is 5.69 Å². The second kappa shape index (κ2) is 5.46. The molecular weight excluding hydrogens is 361 g/mol. The largest absolute Gasteiger partial charge is 0.478 e. The van der Waals surface area contributed by atoms with Crippen LogP contribution in [0, 0.1) is 9.39 Å². The molecule has 1 aromatic carbocycles. The highest BCUT2D eigenvalue weighted by Crippen LogP contribution is 2.21. The molecule has 2 aromatic rings. The van der Waals surface area contributed by atoms with Crippen LogP contribution in [-0.4, -0.2) is 20.6 Å². The first kappa shape index (κ1) is 13.9. The predicted molar refractivity (Wildman–Crippen MR) is 70.4 cm³/mol. The second-order valence-electron chi connectivity index (χ2n) is 3.06. The molecule has 2 rings (SSSR count). The Kier molecular flexibility index (Phi) is 4.47. The first-order valence-corrected chi connectivity index (χ1v) is 5.38. The van der Waals surface area contributed by atoms with E-state index in [-0.39, 0.29) is 23.7 Å². The molecule has 0 saturated carbocycles. The molecule has 7 heteroatoms. The minimum atomic E-state index is -1.14. The highest BCUT2D eigenvalue weighted by Gasteiger charge is 2.14. The molecule has 17 heavy (non-hydrogen) atoms. The van der Waals surface area contributed by atoms with Gasteiger partial charge in [0.05, 0.1) is 17.6 Å². The molecule has 90 valence electrons. The molecule has 1 heterocycles. The Morgan fingerprint density at radius 1 is 1.47 bits per heavy atom. The summed E-state index contributed by atoms with van der Waals surface area (Å²) in [6.07, 6.45) is 4.57. The van der Waals surface area contributed by atoms with Gasteiger partial charge in [0, 0.05) is 16.0 Å². The second-order valence-corrected chi connectivity index (χ2v) is 4.22. The number of rotatable bonds is 2. The lowest BCUT2D eigenvalue weighted by Gasteiger charge is -2.06. The van der Waals surface area contributed by atoms with E-state index in [1.54, 1.807) is 6.20 Å². The van der Waals surface area contributed by atoms with Gasteiger partial charge in [-0.3, -0.25) is 0 Å². The Morgan fingerprint density at radius 3 is 2.71 bits per heavy atom. The van der Waals surface area contributed by atoms with Crippen LogP contribution in [-0.2, 0) is 0 Å². The summed E-state index contributed by atoms with van der Waals surface area (Å²) in [5, 5.41) is 8.82. The van der Waals surface area contributed by atoms with Crippen LogP contribution in [0.1, 0.15) is 10.4 Å². The quantitative estimate of drug-likeness (QED) is 0.830. The average Bonchev–Trinajstić information content (AvgIpc) is 2.73. The van der Waals surface area contributed by atoms with Gasteiger partial charge in [0.25, 0.3) is 0 Å². The highest BCUT2D eigenvalue weighted by atomic mass is 127. The molecule has 0 aliphatic heterocycles. The van der Waals surface area contributed by atoms with E-state index in [2.05, 4.69) is 4.98 Å². The molecule has 0 aliphatic rings. The maximum atomic E-state index is 13.6. The number of benzene rings is 1. The molecule has 0 aliphatic carbocycles. The Bertz CT molecular complexity index is 545. The zero-order valence-corrected chi connectivity index (χ0v) is 11.3. The van der Waals surface area contributed by atoms with Crippen molar-refractivity contribution in [2.45, 2.75) is 0 Å². The van der Waals surface area contributed by atoms with Gasteiger partial charge in [-0.15, -0.1) is 12.4 Å². The van der Waals surface area contributed by atoms with E-state index in [9.17, 15) is 9.18 Å². The first-order valence-electron chi connectivity index (χ1n) is 4.30. The van der Waals surface area contributed by atoms with Crippen LogP contribution in [0.4, 0.5) is 4.39 Å². The van der Waals surface area contributed by atoms with Gasteiger partial charge in [0.1, 0.15) is 5.82 Å². The fraction of sp³-hybridized carbons (Fsp3) is 0. The lowest BCUT2D eigenvalue weighted by Crippen LogP contribution is -2.04. The number of carboxylic acids is 1. The number of carbonyl (C=O) groups is 1. The van der Waals surface area contributed by atoms with Crippen molar-refractivity contribution in [3.05, 3.63) is 45.8 Å². The van der Waals surface area contributed by atoms with Crippen LogP contribution >= 0.6 is 35.0 Å². The van der Waals surface area contributed by atoms with E-state index in [1.165, 1.54) is 23.2 Å². The number of imidazole rings is 1. The van der Waals surface area contributed by atoms with Crippen LogP contribution in [0.3, 0.4) is 0 Å². The van der Waals surface area contributed by atoms with Gasteiger partial charge in [-0.1, -0.05) is 0 Å². The fourth-order valence-corrected chi connectivity index (χ4v) is 1.98. The molecule has 0 fully saturated rings. The maximum Gasteiger partial charge on any atom is 0.336 e. The maximum absolute atomic E-state index is 13.6. The van der Waals surface area contributed by atoms with Crippen LogP contribution in [0.2, 0.25) is 0 Å². The molecule has 1 N–H and O–H groups in total. The van der Waals surface area contributed by atoms with Gasteiger partial charge in [-0.05, 0) is 34.7 Å². The molecule has 0 saturated heterocycles. The Labute approximate surface area is 116 Å². The zero-order chi connectivity index (χ0) is 11.7. The molecule has 0 amide bonds. The number of nitrogens with zero attached hydrogens (tertiary/aromatic N) is 2. The van der Waals surface area contributed by atoms with Gasteiger partial charge >= 0.3 is 5.97 Å². The van der Waals surface area contributed by atoms with Gasteiger partial charge in [-0.25, -0.2) is 14.2 Å². The zero-order valence-electron chi connectivity index (χ0n) is 8.30. The average molecular weight is 369 g/mol. The van der Waals surface area contributed by atoms with Crippen molar-refractivity contribution >= 4 is 41.0 Å². The molecule has 0 unspecified atom stereocenters. The van der Waals surface area contributed by atoms with E-state index >= 15 is 0 Å². The van der Waals surface area contributed by atoms with E-state index in [0.717, 1.165) is 6.07 Å². The highest BCUT2D eigenvalue weighted by molar-refractivity contribution is 14.1. The molecule has 1 aromatic heterocycles. The lowest BCUT2D eigenvalue weighted by atomic mass is 10.2. The third-order valence-corrected chi connectivity index (χ3v) is 2.94. The number of halogens is 3. The smallest absolute Gasteiger partial charge is 0.336 e. The number of carboxylic acid groups (broad SMARTS) is 1. The molecule has 4 nitrogen and oxygen atoms in total. The summed E-state index contributed by atoms with van der Waals surface area (Å²) in [5.41, 5.74) is 0.244. The van der Waals surface area contributed by atoms with E-state index in [4.69, 9.17) is 5.11 Å². The van der Waals surface area contributed by atoms with Crippen molar-refractivity contribution in [2.24, 2.45) is 0 Å². The number of aromatic carboxylic acids is 1. The van der Waals surface area contributed by atoms with Gasteiger partial charge in [-0.2, -0.15) is 0 Å². The Balaban J connectivity index is 0.00000144. The van der Waals surface area contributed by atoms with Crippen LogP contribution < -0.4 is 0 Å². The van der Waals surface area contributed by atoms with E-state index < -0.39 is 11.8 Å². The van der Waals surface area contributed by atoms with Crippen molar-refractivity contribution in [3.8, 4) is 5.69 Å². The summed E-state index contributed by atoms with van der Waals surface area (Å²) in [7, 11) is 0. The SMILES string of the molecule is Cl.O=C(O)c1cc(F)c(-n2ccnc2)cc1I. The first-order chi connectivity index (χ1) is 7.59. The van der Waals surface area contributed by atoms with Crippen molar-refractivity contribution < 1.29 is 14.3 Å². The number of hydrogen-bond acceptors (Lipinski definition) is 2. The molecule has 0 spiro atoms. The van der Waals surface area contributed by atoms with Gasteiger partial charge in [0.2, 0.25) is 0 Å².